The molecule has 1 aromatic heterocycles. The van der Waals surface area contributed by atoms with E-state index in [4.69, 9.17) is 16.0 Å². The van der Waals surface area contributed by atoms with E-state index < -0.39 is 11.7 Å². The number of Topliss-reactive ketones (excluding diaryl/α,β-unsaturated/α-hetero) is 1. The van der Waals surface area contributed by atoms with Gasteiger partial charge >= 0.3 is 11.7 Å². The van der Waals surface area contributed by atoms with Gasteiger partial charge in [-0.1, -0.05) is 11.6 Å². The largest absolute Gasteiger partial charge is 0.465 e. The van der Waals surface area contributed by atoms with Crippen molar-refractivity contribution in [1.82, 2.24) is 4.57 Å². The molecule has 0 amide bonds. The van der Waals surface area contributed by atoms with E-state index in [0.29, 0.717) is 16.1 Å². The number of benzene rings is 2. The van der Waals surface area contributed by atoms with Crippen molar-refractivity contribution < 1.29 is 18.7 Å². The van der Waals surface area contributed by atoms with Crippen LogP contribution >= 0.6 is 11.6 Å². The number of ether oxygens (including phenoxy) is 1. The number of fused-ring (bicyclic) bond motifs is 1. The van der Waals surface area contributed by atoms with Gasteiger partial charge in [0.15, 0.2) is 11.4 Å². The zero-order valence-electron chi connectivity index (χ0n) is 12.6. The summed E-state index contributed by atoms with van der Waals surface area (Å²) in [5.41, 5.74) is 1.34. The summed E-state index contributed by atoms with van der Waals surface area (Å²) in [5, 5.41) is 0.521. The molecule has 7 heteroatoms. The van der Waals surface area contributed by atoms with Crippen LogP contribution in [0.5, 0.6) is 0 Å². The molecule has 0 unspecified atom stereocenters. The van der Waals surface area contributed by atoms with E-state index in [0.717, 1.165) is 0 Å². The second-order valence-corrected chi connectivity index (χ2v) is 5.49. The highest BCUT2D eigenvalue weighted by Gasteiger charge is 2.16. The molecule has 3 aromatic rings. The van der Waals surface area contributed by atoms with Crippen LogP contribution < -0.4 is 5.76 Å². The van der Waals surface area contributed by atoms with E-state index in [-0.39, 0.29) is 23.5 Å². The van der Waals surface area contributed by atoms with Crippen LogP contribution in [0.3, 0.4) is 0 Å². The maximum Gasteiger partial charge on any atom is 0.420 e. The van der Waals surface area contributed by atoms with Gasteiger partial charge in [0.25, 0.3) is 0 Å². The standard InChI is InChI=1S/C17H12ClNO5/c1-23-16(21)11-4-7-13-15(8-11)24-17(22)19(13)9-14(20)10-2-5-12(18)6-3-10/h2-8H,9H2,1H3. The number of methoxy groups -OCH3 is 1. The van der Waals surface area contributed by atoms with Crippen LogP contribution in [0.1, 0.15) is 20.7 Å². The molecule has 0 saturated carbocycles. The molecule has 0 atom stereocenters. The summed E-state index contributed by atoms with van der Waals surface area (Å²) in [6.07, 6.45) is 0. The Balaban J connectivity index is 1.96. The number of carbonyl (C=O) groups is 2. The summed E-state index contributed by atoms with van der Waals surface area (Å²) in [7, 11) is 1.26. The quantitative estimate of drug-likeness (QED) is 0.536. The number of ketones is 1. The first kappa shape index (κ1) is 16.0. The lowest BCUT2D eigenvalue weighted by Gasteiger charge is -2.03. The Hall–Kier alpha value is -2.86. The van der Waals surface area contributed by atoms with E-state index in [9.17, 15) is 14.4 Å². The van der Waals surface area contributed by atoms with Gasteiger partial charge in [0.1, 0.15) is 0 Å². The highest BCUT2D eigenvalue weighted by atomic mass is 35.5. The van der Waals surface area contributed by atoms with Crippen LogP contribution in [0, 0.1) is 0 Å². The van der Waals surface area contributed by atoms with Crippen LogP contribution in [-0.2, 0) is 11.3 Å². The Bertz CT molecular complexity index is 984. The molecule has 0 fully saturated rings. The number of rotatable bonds is 4. The molecular weight excluding hydrogens is 334 g/mol. The molecule has 0 spiro atoms. The van der Waals surface area contributed by atoms with Gasteiger partial charge in [-0.05, 0) is 42.5 Å². The minimum Gasteiger partial charge on any atom is -0.465 e. The molecule has 0 radical (unpaired) electrons. The molecule has 0 N–H and O–H groups in total. The average molecular weight is 346 g/mol. The van der Waals surface area contributed by atoms with Crippen molar-refractivity contribution in [1.29, 1.82) is 0 Å². The number of esters is 1. The van der Waals surface area contributed by atoms with Crippen molar-refractivity contribution in [2.45, 2.75) is 6.54 Å². The lowest BCUT2D eigenvalue weighted by Crippen LogP contribution is -2.20. The lowest BCUT2D eigenvalue weighted by atomic mass is 10.1. The van der Waals surface area contributed by atoms with E-state index >= 15 is 0 Å². The van der Waals surface area contributed by atoms with E-state index in [2.05, 4.69) is 4.74 Å². The number of carbonyl (C=O) groups excluding carboxylic acids is 2. The summed E-state index contributed by atoms with van der Waals surface area (Å²) < 4.78 is 11.0. The SMILES string of the molecule is COC(=O)c1ccc2c(c1)oc(=O)n2CC(=O)c1ccc(Cl)cc1. The topological polar surface area (TPSA) is 78.5 Å². The normalized spacial score (nSPS) is 10.8. The van der Waals surface area contributed by atoms with Crippen molar-refractivity contribution >= 4 is 34.5 Å². The molecule has 0 bridgehead atoms. The third kappa shape index (κ3) is 2.96. The number of aromatic nitrogens is 1. The number of nitrogens with zero attached hydrogens (tertiary/aromatic N) is 1. The zero-order chi connectivity index (χ0) is 17.3. The first-order valence-electron chi connectivity index (χ1n) is 7.00. The van der Waals surface area contributed by atoms with Gasteiger partial charge in [-0.2, -0.15) is 0 Å². The maximum atomic E-state index is 12.3. The van der Waals surface area contributed by atoms with E-state index in [1.54, 1.807) is 30.3 Å². The minimum atomic E-state index is -0.672. The zero-order valence-corrected chi connectivity index (χ0v) is 13.4. The third-order valence-electron chi connectivity index (χ3n) is 3.56. The van der Waals surface area contributed by atoms with Crippen LogP contribution in [-0.4, -0.2) is 23.4 Å². The fraction of sp³-hybridized carbons (Fsp3) is 0.118. The van der Waals surface area contributed by atoms with Crippen LogP contribution in [0.4, 0.5) is 0 Å². The number of halogens is 1. The van der Waals surface area contributed by atoms with E-state index in [1.165, 1.54) is 23.8 Å². The molecule has 1 heterocycles. The van der Waals surface area contributed by atoms with Crippen molar-refractivity contribution in [2.24, 2.45) is 0 Å². The Labute approximate surface area is 141 Å². The number of hydrogen-bond donors (Lipinski definition) is 0. The molecule has 6 nitrogen and oxygen atoms in total. The summed E-state index contributed by atoms with van der Waals surface area (Å²) >= 11 is 5.80. The highest BCUT2D eigenvalue weighted by molar-refractivity contribution is 6.30. The molecule has 24 heavy (non-hydrogen) atoms. The summed E-state index contributed by atoms with van der Waals surface area (Å²) in [5.74, 6) is -1.47. The summed E-state index contributed by atoms with van der Waals surface area (Å²) in [6, 6.07) is 10.8. The summed E-state index contributed by atoms with van der Waals surface area (Å²) in [4.78, 5) is 35.9. The molecule has 0 aliphatic carbocycles. The van der Waals surface area contributed by atoms with Gasteiger partial charge in [0, 0.05) is 10.6 Å². The predicted molar refractivity (Wildman–Crippen MR) is 87.6 cm³/mol. The Morgan fingerprint density at radius 3 is 2.46 bits per heavy atom. The number of oxazole rings is 1. The van der Waals surface area contributed by atoms with Gasteiger partial charge in [-0.15, -0.1) is 0 Å². The van der Waals surface area contributed by atoms with Gasteiger partial charge < -0.3 is 9.15 Å². The smallest absolute Gasteiger partial charge is 0.420 e. The Morgan fingerprint density at radius 1 is 1.12 bits per heavy atom. The molecule has 0 saturated heterocycles. The Kier molecular flexibility index (Phi) is 4.22. The molecule has 3 rings (SSSR count). The second-order valence-electron chi connectivity index (χ2n) is 5.06. The minimum absolute atomic E-state index is 0.176. The van der Waals surface area contributed by atoms with E-state index in [1.807, 2.05) is 0 Å². The van der Waals surface area contributed by atoms with Crippen molar-refractivity contribution in [3.05, 3.63) is 69.2 Å². The van der Waals surface area contributed by atoms with Crippen LogP contribution in [0.25, 0.3) is 11.1 Å². The first-order valence-corrected chi connectivity index (χ1v) is 7.38. The first-order chi connectivity index (χ1) is 11.5. The molecule has 2 aromatic carbocycles. The van der Waals surface area contributed by atoms with Gasteiger partial charge in [-0.3, -0.25) is 9.36 Å². The summed E-state index contributed by atoms with van der Waals surface area (Å²) in [6.45, 7) is -0.176. The van der Waals surface area contributed by atoms with Crippen LogP contribution in [0.2, 0.25) is 5.02 Å². The molecule has 0 aliphatic heterocycles. The van der Waals surface area contributed by atoms with Crippen molar-refractivity contribution in [3.8, 4) is 0 Å². The monoisotopic (exact) mass is 345 g/mol. The maximum absolute atomic E-state index is 12.3. The molecule has 122 valence electrons. The molecule has 0 aliphatic rings. The van der Waals surface area contributed by atoms with Crippen LogP contribution in [0.15, 0.2) is 51.7 Å². The number of hydrogen-bond acceptors (Lipinski definition) is 5. The second kappa shape index (κ2) is 6.33. The fourth-order valence-electron chi connectivity index (χ4n) is 2.33. The van der Waals surface area contributed by atoms with Gasteiger partial charge in [0.05, 0.1) is 24.7 Å². The average Bonchev–Trinajstić information content (AvgIpc) is 2.89. The lowest BCUT2D eigenvalue weighted by molar-refractivity contribution is 0.0600. The van der Waals surface area contributed by atoms with Gasteiger partial charge in [0.2, 0.25) is 0 Å². The fourth-order valence-corrected chi connectivity index (χ4v) is 2.46. The highest BCUT2D eigenvalue weighted by Crippen LogP contribution is 2.17. The Morgan fingerprint density at radius 2 is 1.79 bits per heavy atom. The molecular formula is C17H12ClNO5. The third-order valence-corrected chi connectivity index (χ3v) is 3.81. The van der Waals surface area contributed by atoms with Gasteiger partial charge in [-0.25, -0.2) is 9.59 Å². The van der Waals surface area contributed by atoms with Crippen molar-refractivity contribution in [3.63, 3.8) is 0 Å². The predicted octanol–water partition coefficient (Wildman–Crippen LogP) is 2.92. The van der Waals surface area contributed by atoms with Crippen molar-refractivity contribution in [2.75, 3.05) is 7.11 Å².